The molecule has 4 rings (SSSR count). The molecule has 0 bridgehead atoms. The molecule has 0 N–H and O–H groups in total. The highest BCUT2D eigenvalue weighted by molar-refractivity contribution is 7.90. The Morgan fingerprint density at radius 1 is 1.00 bits per heavy atom. The van der Waals surface area contributed by atoms with Crippen LogP contribution in [0.3, 0.4) is 0 Å². The predicted octanol–water partition coefficient (Wildman–Crippen LogP) is 4.32. The molecule has 2 aromatic rings. The van der Waals surface area contributed by atoms with Crippen molar-refractivity contribution in [1.29, 1.82) is 0 Å². The highest BCUT2D eigenvalue weighted by atomic mass is 32.2. The molecule has 0 saturated carbocycles. The van der Waals surface area contributed by atoms with Crippen LogP contribution >= 0.6 is 0 Å². The summed E-state index contributed by atoms with van der Waals surface area (Å²) in [6.45, 7) is 4.43. The van der Waals surface area contributed by atoms with Gasteiger partial charge in [-0.15, -0.1) is 0 Å². The maximum absolute atomic E-state index is 11.6. The van der Waals surface area contributed by atoms with Gasteiger partial charge in [0.1, 0.15) is 0 Å². The van der Waals surface area contributed by atoms with Crippen LogP contribution in [0.2, 0.25) is 0 Å². The molecular weight excluding hydrogens is 368 g/mol. The lowest BCUT2D eigenvalue weighted by atomic mass is 10.0. The zero-order valence-corrected chi connectivity index (χ0v) is 17.2. The lowest BCUT2D eigenvalue weighted by Gasteiger charge is -2.20. The van der Waals surface area contributed by atoms with Crippen molar-refractivity contribution in [3.05, 3.63) is 65.9 Å². The Kier molecular flexibility index (Phi) is 5.21. The number of hydrogen-bond acceptors (Lipinski definition) is 4. The third-order valence-electron chi connectivity index (χ3n) is 5.70. The van der Waals surface area contributed by atoms with E-state index in [1.165, 1.54) is 31.3 Å². The molecule has 0 spiro atoms. The van der Waals surface area contributed by atoms with Gasteiger partial charge in [-0.3, -0.25) is 9.89 Å². The van der Waals surface area contributed by atoms with Crippen molar-refractivity contribution in [2.24, 2.45) is 4.99 Å². The van der Waals surface area contributed by atoms with Crippen molar-refractivity contribution in [3.63, 3.8) is 0 Å². The van der Waals surface area contributed by atoms with E-state index in [1.807, 2.05) is 12.1 Å². The normalized spacial score (nSPS) is 20.3. The Morgan fingerprint density at radius 3 is 2.18 bits per heavy atom. The minimum atomic E-state index is -3.16. The van der Waals surface area contributed by atoms with Crippen molar-refractivity contribution in [2.45, 2.75) is 37.1 Å². The van der Waals surface area contributed by atoms with Crippen LogP contribution in [0.15, 0.2) is 70.2 Å². The molecule has 0 amide bonds. The molecule has 0 aromatic heterocycles. The molecule has 5 heteroatoms. The van der Waals surface area contributed by atoms with Gasteiger partial charge in [-0.2, -0.15) is 0 Å². The first kappa shape index (κ1) is 19.1. The van der Waals surface area contributed by atoms with Gasteiger partial charge in [-0.25, -0.2) is 8.42 Å². The lowest BCUT2D eigenvalue weighted by Crippen LogP contribution is -2.28. The van der Waals surface area contributed by atoms with Crippen LogP contribution in [0, 0.1) is 0 Å². The molecule has 1 unspecified atom stereocenters. The molecule has 28 heavy (non-hydrogen) atoms. The Bertz CT molecular complexity index is 1020. The van der Waals surface area contributed by atoms with Crippen LogP contribution in [0.4, 0.5) is 0 Å². The number of aliphatic imine (C=N–C) groups is 1. The summed E-state index contributed by atoms with van der Waals surface area (Å²) < 4.78 is 23.2. The Hall–Kier alpha value is -2.24. The van der Waals surface area contributed by atoms with Crippen LogP contribution in [0.5, 0.6) is 0 Å². The topological polar surface area (TPSA) is 49.7 Å². The van der Waals surface area contributed by atoms with Crippen molar-refractivity contribution >= 4 is 15.5 Å². The molecule has 0 radical (unpaired) electrons. The summed E-state index contributed by atoms with van der Waals surface area (Å²) in [5.74, 6) is 0. The second kappa shape index (κ2) is 7.64. The molecule has 2 heterocycles. The molecule has 4 nitrogen and oxygen atoms in total. The fourth-order valence-electron chi connectivity index (χ4n) is 3.95. The van der Waals surface area contributed by atoms with Gasteiger partial charge < -0.3 is 0 Å². The zero-order valence-electron chi connectivity index (χ0n) is 16.4. The van der Waals surface area contributed by atoms with Gasteiger partial charge in [0, 0.05) is 25.3 Å². The van der Waals surface area contributed by atoms with Crippen molar-refractivity contribution in [2.75, 3.05) is 19.3 Å². The van der Waals surface area contributed by atoms with Gasteiger partial charge in [0.05, 0.1) is 16.3 Å². The summed E-state index contributed by atoms with van der Waals surface area (Å²) in [5.41, 5.74) is 5.54. The van der Waals surface area contributed by atoms with E-state index < -0.39 is 9.84 Å². The second-order valence-electron chi connectivity index (χ2n) is 7.79. The molecule has 1 fully saturated rings. The van der Waals surface area contributed by atoms with Crippen LogP contribution in [-0.2, 0) is 9.84 Å². The van der Waals surface area contributed by atoms with Crippen molar-refractivity contribution in [3.8, 4) is 11.1 Å². The average molecular weight is 395 g/mol. The summed E-state index contributed by atoms with van der Waals surface area (Å²) in [7, 11) is -3.16. The Labute approximate surface area is 167 Å². The van der Waals surface area contributed by atoms with E-state index in [4.69, 9.17) is 4.99 Å². The van der Waals surface area contributed by atoms with Gasteiger partial charge in [-0.05, 0) is 55.1 Å². The summed E-state index contributed by atoms with van der Waals surface area (Å²) in [5, 5.41) is 0. The predicted molar refractivity (Wildman–Crippen MR) is 114 cm³/mol. The van der Waals surface area contributed by atoms with Gasteiger partial charge >= 0.3 is 0 Å². The number of nitrogens with zero attached hydrogens (tertiary/aromatic N) is 2. The highest BCUT2D eigenvalue weighted by Gasteiger charge is 2.22. The summed E-state index contributed by atoms with van der Waals surface area (Å²) in [6, 6.07) is 16.1. The van der Waals surface area contributed by atoms with E-state index in [-0.39, 0.29) is 0 Å². The van der Waals surface area contributed by atoms with E-state index in [1.54, 1.807) is 12.1 Å². The first-order valence-corrected chi connectivity index (χ1v) is 11.7. The molecule has 2 aliphatic heterocycles. The molecular formula is C23H26N2O2S. The van der Waals surface area contributed by atoms with Gasteiger partial charge in [0.2, 0.25) is 0 Å². The monoisotopic (exact) mass is 394 g/mol. The largest absolute Gasteiger partial charge is 0.295 e. The SMILES string of the molecule is CC1CCCN1CC1=CCC(c2ccc(-c3ccc(S(C)(=O)=O)cc3)cc2)=N1. The third-order valence-corrected chi connectivity index (χ3v) is 6.83. The number of benzene rings is 2. The third kappa shape index (κ3) is 4.10. The number of allylic oxidation sites excluding steroid dienone is 1. The van der Waals surface area contributed by atoms with Crippen LogP contribution in [0.1, 0.15) is 31.7 Å². The lowest BCUT2D eigenvalue weighted by molar-refractivity contribution is 0.291. The summed E-state index contributed by atoms with van der Waals surface area (Å²) >= 11 is 0. The molecule has 2 aliphatic rings. The number of hydrogen-bond donors (Lipinski definition) is 0. The molecule has 146 valence electrons. The Balaban J connectivity index is 1.46. The van der Waals surface area contributed by atoms with Gasteiger partial charge in [-0.1, -0.05) is 42.5 Å². The highest BCUT2D eigenvalue weighted by Crippen LogP contribution is 2.25. The van der Waals surface area contributed by atoms with E-state index in [9.17, 15) is 8.42 Å². The van der Waals surface area contributed by atoms with Crippen molar-refractivity contribution in [1.82, 2.24) is 4.90 Å². The van der Waals surface area contributed by atoms with Crippen LogP contribution in [-0.4, -0.2) is 44.4 Å². The molecule has 1 saturated heterocycles. The zero-order chi connectivity index (χ0) is 19.7. The number of sulfone groups is 1. The van der Waals surface area contributed by atoms with Crippen LogP contribution < -0.4 is 0 Å². The molecule has 1 atom stereocenters. The first-order chi connectivity index (χ1) is 13.4. The average Bonchev–Trinajstić information content (AvgIpc) is 3.31. The van der Waals surface area contributed by atoms with E-state index >= 15 is 0 Å². The maximum Gasteiger partial charge on any atom is 0.175 e. The maximum atomic E-state index is 11.6. The fourth-order valence-corrected chi connectivity index (χ4v) is 4.58. The van der Waals surface area contributed by atoms with Crippen molar-refractivity contribution < 1.29 is 8.42 Å². The van der Waals surface area contributed by atoms with Gasteiger partial charge in [0.25, 0.3) is 0 Å². The van der Waals surface area contributed by atoms with E-state index in [2.05, 4.69) is 42.2 Å². The molecule has 2 aromatic carbocycles. The molecule has 0 aliphatic carbocycles. The summed E-state index contributed by atoms with van der Waals surface area (Å²) in [6.07, 6.45) is 6.94. The number of likely N-dealkylation sites (tertiary alicyclic amines) is 1. The van der Waals surface area contributed by atoms with Crippen LogP contribution in [0.25, 0.3) is 11.1 Å². The fraction of sp³-hybridized carbons (Fsp3) is 0.348. The summed E-state index contributed by atoms with van der Waals surface area (Å²) in [4.78, 5) is 7.73. The number of rotatable bonds is 5. The minimum Gasteiger partial charge on any atom is -0.295 e. The van der Waals surface area contributed by atoms with E-state index in [0.717, 1.165) is 35.4 Å². The van der Waals surface area contributed by atoms with Gasteiger partial charge in [0.15, 0.2) is 9.84 Å². The standard InChI is InChI=1S/C23H26N2O2S/c1-17-4-3-15-25(17)16-21-11-14-23(24-21)20-7-5-18(6-8-20)19-9-12-22(13-10-19)28(2,26)27/h5-13,17H,3-4,14-16H2,1-2H3. The van der Waals surface area contributed by atoms with E-state index in [0.29, 0.717) is 10.9 Å². The first-order valence-electron chi connectivity index (χ1n) is 9.82. The smallest absolute Gasteiger partial charge is 0.175 e. The Morgan fingerprint density at radius 2 is 1.61 bits per heavy atom. The minimum absolute atomic E-state index is 0.346. The second-order valence-corrected chi connectivity index (χ2v) is 9.81. The quantitative estimate of drug-likeness (QED) is 0.759.